The molecule has 2 heterocycles. The number of fused-ring (bicyclic) bond motifs is 3. The van der Waals surface area contributed by atoms with E-state index in [1.165, 1.54) is 6.08 Å². The van der Waals surface area contributed by atoms with E-state index in [-0.39, 0.29) is 12.2 Å². The lowest BCUT2D eigenvalue weighted by molar-refractivity contribution is 0.153. The molecule has 1 aromatic rings. The second kappa shape index (κ2) is 3.41. The summed E-state index contributed by atoms with van der Waals surface area (Å²) in [4.78, 5) is 4.40. The van der Waals surface area contributed by atoms with Crippen LogP contribution in [-0.2, 0) is 4.74 Å². The van der Waals surface area contributed by atoms with Crippen LogP contribution in [0.15, 0.2) is 18.2 Å². The number of pyridine rings is 1. The molecule has 3 atom stereocenters. The van der Waals surface area contributed by atoms with E-state index in [4.69, 9.17) is 10.00 Å². The van der Waals surface area contributed by atoms with Gasteiger partial charge in [0.15, 0.2) is 0 Å². The van der Waals surface area contributed by atoms with Gasteiger partial charge in [0.1, 0.15) is 6.10 Å². The number of nitrogens with zero attached hydrogens (tertiary/aromatic N) is 2. The van der Waals surface area contributed by atoms with E-state index in [2.05, 4.69) is 4.98 Å². The minimum Gasteiger partial charge on any atom is -0.388 e. The zero-order valence-corrected chi connectivity index (χ0v) is 8.50. The molecule has 16 heavy (non-hydrogen) atoms. The Labute approximate surface area is 92.8 Å². The average Bonchev–Trinajstić information content (AvgIpc) is 3.05. The Morgan fingerprint density at radius 3 is 3.25 bits per heavy atom. The molecular weight excluding hydrogens is 204 g/mol. The number of aliphatic hydroxyl groups excluding tert-OH is 1. The summed E-state index contributed by atoms with van der Waals surface area (Å²) in [6, 6.07) is 5.59. The lowest BCUT2D eigenvalue weighted by atomic mass is 9.93. The van der Waals surface area contributed by atoms with E-state index >= 15 is 0 Å². The summed E-state index contributed by atoms with van der Waals surface area (Å²) in [5, 5.41) is 18.3. The van der Waals surface area contributed by atoms with Gasteiger partial charge in [0.05, 0.1) is 29.7 Å². The van der Waals surface area contributed by atoms with Crippen LogP contribution in [0.25, 0.3) is 6.08 Å². The predicted octanol–water partition coefficient (Wildman–Crippen LogP) is 1.50. The number of nitriles is 1. The van der Waals surface area contributed by atoms with Crippen LogP contribution in [0.4, 0.5) is 0 Å². The van der Waals surface area contributed by atoms with Crippen molar-refractivity contribution in [2.75, 3.05) is 0 Å². The highest BCUT2D eigenvalue weighted by molar-refractivity contribution is 5.49. The lowest BCUT2D eigenvalue weighted by Crippen LogP contribution is -2.12. The van der Waals surface area contributed by atoms with Crippen molar-refractivity contribution in [3.8, 4) is 6.07 Å². The number of aliphatic hydroxyl groups is 1. The van der Waals surface area contributed by atoms with Gasteiger partial charge in [-0.05, 0) is 12.1 Å². The number of rotatable bonds is 1. The quantitative estimate of drug-likeness (QED) is 0.568. The second-order valence-corrected chi connectivity index (χ2v) is 4.02. The normalized spacial score (nSPS) is 30.6. The molecule has 0 aromatic carbocycles. The first-order chi connectivity index (χ1) is 7.79. The summed E-state index contributed by atoms with van der Waals surface area (Å²) in [6.07, 6.45) is 3.41. The van der Waals surface area contributed by atoms with Crippen LogP contribution in [0.3, 0.4) is 0 Å². The SMILES string of the molecule is N#C/C=C/c1ccc2c(n1)C1OC1CC2O. The zero-order chi connectivity index (χ0) is 11.1. The second-order valence-electron chi connectivity index (χ2n) is 4.02. The highest BCUT2D eigenvalue weighted by Crippen LogP contribution is 2.49. The predicted molar refractivity (Wildman–Crippen MR) is 56.1 cm³/mol. The van der Waals surface area contributed by atoms with Crippen LogP contribution in [-0.4, -0.2) is 16.2 Å². The monoisotopic (exact) mass is 214 g/mol. The van der Waals surface area contributed by atoms with Crippen molar-refractivity contribution in [1.29, 1.82) is 5.26 Å². The maximum Gasteiger partial charge on any atom is 0.127 e. The highest BCUT2D eigenvalue weighted by atomic mass is 16.6. The fraction of sp³-hybridized carbons (Fsp3) is 0.333. The number of epoxide rings is 1. The number of allylic oxidation sites excluding steroid dienone is 1. The Morgan fingerprint density at radius 1 is 1.56 bits per heavy atom. The molecule has 2 aliphatic rings. The van der Waals surface area contributed by atoms with E-state index in [0.717, 1.165) is 17.0 Å². The van der Waals surface area contributed by atoms with Crippen LogP contribution < -0.4 is 0 Å². The first-order valence-corrected chi connectivity index (χ1v) is 5.20. The van der Waals surface area contributed by atoms with Gasteiger partial charge in [0, 0.05) is 18.1 Å². The molecule has 1 N–H and O–H groups in total. The summed E-state index contributed by atoms with van der Waals surface area (Å²) < 4.78 is 5.42. The Bertz CT molecular complexity index is 504. The number of aromatic nitrogens is 1. The number of hydrogen-bond donors (Lipinski definition) is 1. The van der Waals surface area contributed by atoms with E-state index in [1.807, 2.05) is 12.1 Å². The molecule has 0 radical (unpaired) electrons. The summed E-state index contributed by atoms with van der Waals surface area (Å²) in [7, 11) is 0. The van der Waals surface area contributed by atoms with E-state index in [0.29, 0.717) is 6.42 Å². The van der Waals surface area contributed by atoms with Gasteiger partial charge in [-0.3, -0.25) is 4.98 Å². The van der Waals surface area contributed by atoms with Crippen LogP contribution in [0, 0.1) is 11.3 Å². The first-order valence-electron chi connectivity index (χ1n) is 5.20. The molecule has 0 saturated carbocycles. The zero-order valence-electron chi connectivity index (χ0n) is 8.50. The smallest absolute Gasteiger partial charge is 0.127 e. The first kappa shape index (κ1) is 9.52. The number of hydrogen-bond acceptors (Lipinski definition) is 4. The Morgan fingerprint density at radius 2 is 2.44 bits per heavy atom. The van der Waals surface area contributed by atoms with Crippen molar-refractivity contribution in [2.24, 2.45) is 0 Å². The van der Waals surface area contributed by atoms with Gasteiger partial charge in [0.25, 0.3) is 0 Å². The fourth-order valence-corrected chi connectivity index (χ4v) is 2.14. The summed E-state index contributed by atoms with van der Waals surface area (Å²) in [6.45, 7) is 0. The fourth-order valence-electron chi connectivity index (χ4n) is 2.14. The molecular formula is C12H10N2O2. The van der Waals surface area contributed by atoms with Gasteiger partial charge >= 0.3 is 0 Å². The minimum atomic E-state index is -0.472. The molecule has 1 aliphatic heterocycles. The van der Waals surface area contributed by atoms with Gasteiger partial charge in [-0.1, -0.05) is 6.07 Å². The van der Waals surface area contributed by atoms with Crippen molar-refractivity contribution < 1.29 is 9.84 Å². The van der Waals surface area contributed by atoms with Gasteiger partial charge in [-0.15, -0.1) is 0 Å². The largest absolute Gasteiger partial charge is 0.388 e. The van der Waals surface area contributed by atoms with Crippen LogP contribution in [0.1, 0.15) is 35.6 Å². The molecule has 1 saturated heterocycles. The third-order valence-corrected chi connectivity index (χ3v) is 2.97. The van der Waals surface area contributed by atoms with Gasteiger partial charge in [0.2, 0.25) is 0 Å². The van der Waals surface area contributed by atoms with E-state index < -0.39 is 6.10 Å². The maximum absolute atomic E-state index is 9.84. The highest BCUT2D eigenvalue weighted by Gasteiger charge is 2.48. The summed E-state index contributed by atoms with van der Waals surface area (Å²) in [5.74, 6) is 0. The Kier molecular flexibility index (Phi) is 2.03. The molecule has 0 bridgehead atoms. The third-order valence-electron chi connectivity index (χ3n) is 2.97. The molecule has 80 valence electrons. The van der Waals surface area contributed by atoms with Crippen molar-refractivity contribution in [2.45, 2.75) is 24.7 Å². The van der Waals surface area contributed by atoms with Crippen LogP contribution in [0.5, 0.6) is 0 Å². The Hall–Kier alpha value is -1.70. The average molecular weight is 214 g/mol. The molecule has 0 spiro atoms. The van der Waals surface area contributed by atoms with Gasteiger partial charge < -0.3 is 9.84 Å². The van der Waals surface area contributed by atoms with Crippen molar-refractivity contribution >= 4 is 6.08 Å². The molecule has 1 aromatic heterocycles. The molecule has 4 heteroatoms. The van der Waals surface area contributed by atoms with Gasteiger partial charge in [-0.25, -0.2) is 0 Å². The molecule has 3 unspecified atom stereocenters. The topological polar surface area (TPSA) is 69.4 Å². The van der Waals surface area contributed by atoms with Crippen molar-refractivity contribution in [1.82, 2.24) is 4.98 Å². The molecule has 4 nitrogen and oxygen atoms in total. The van der Waals surface area contributed by atoms with Crippen LogP contribution >= 0.6 is 0 Å². The molecule has 1 fully saturated rings. The standard InChI is InChI=1S/C12H10N2O2/c13-5-1-2-7-3-4-8-9(15)6-10-12(16-10)11(8)14-7/h1-4,9-10,12,15H,6H2/b2-1+. The van der Waals surface area contributed by atoms with Crippen LogP contribution in [0.2, 0.25) is 0 Å². The number of ether oxygens (including phenoxy) is 1. The third kappa shape index (κ3) is 1.42. The summed E-state index contributed by atoms with van der Waals surface area (Å²) >= 11 is 0. The summed E-state index contributed by atoms with van der Waals surface area (Å²) in [5.41, 5.74) is 2.40. The van der Waals surface area contributed by atoms with E-state index in [9.17, 15) is 5.11 Å². The van der Waals surface area contributed by atoms with Gasteiger partial charge in [-0.2, -0.15) is 5.26 Å². The van der Waals surface area contributed by atoms with Crippen molar-refractivity contribution in [3.63, 3.8) is 0 Å². The molecule has 0 amide bonds. The molecule has 1 aliphatic carbocycles. The Balaban J connectivity index is 2.01. The van der Waals surface area contributed by atoms with Crippen molar-refractivity contribution in [3.05, 3.63) is 35.2 Å². The molecule has 3 rings (SSSR count). The lowest BCUT2D eigenvalue weighted by Gasteiger charge is -2.17. The minimum absolute atomic E-state index is 0.0498. The maximum atomic E-state index is 9.84. The van der Waals surface area contributed by atoms with E-state index in [1.54, 1.807) is 12.1 Å².